The molecule has 4 N–H and O–H groups in total. The zero-order valence-corrected chi connectivity index (χ0v) is 10.4. The maximum atomic E-state index is 11.8. The van der Waals surface area contributed by atoms with Crippen LogP contribution in [0.1, 0.15) is 24.8 Å². The highest BCUT2D eigenvalue weighted by atomic mass is 16.3. The molecule has 1 atom stereocenters. The second-order valence-electron chi connectivity index (χ2n) is 5.02. The van der Waals surface area contributed by atoms with E-state index in [9.17, 15) is 4.79 Å². The minimum atomic E-state index is -0.519. The maximum absolute atomic E-state index is 11.8. The molecule has 1 saturated carbocycles. The Morgan fingerprint density at radius 1 is 1.39 bits per heavy atom. The van der Waals surface area contributed by atoms with Gasteiger partial charge in [0.1, 0.15) is 5.75 Å². The summed E-state index contributed by atoms with van der Waals surface area (Å²) in [6, 6.07) is 6.26. The first kappa shape index (κ1) is 12.9. The van der Waals surface area contributed by atoms with Crippen LogP contribution in [0.25, 0.3) is 0 Å². The van der Waals surface area contributed by atoms with Gasteiger partial charge in [0.05, 0.1) is 6.04 Å². The highest BCUT2D eigenvalue weighted by Gasteiger charge is 2.20. The molecule has 4 nitrogen and oxygen atoms in total. The third-order valence-corrected chi connectivity index (χ3v) is 3.52. The number of nitrogens with two attached hydrogens (primary N) is 1. The molecular formula is C14H20N2O2. The zero-order valence-electron chi connectivity index (χ0n) is 10.4. The number of benzene rings is 1. The number of carbonyl (C=O) groups is 1. The summed E-state index contributed by atoms with van der Waals surface area (Å²) in [6.07, 6.45) is 4.21. The summed E-state index contributed by atoms with van der Waals surface area (Å²) in [5.74, 6) is 0.784. The van der Waals surface area contributed by atoms with Gasteiger partial charge < -0.3 is 16.2 Å². The van der Waals surface area contributed by atoms with Crippen LogP contribution in [0.2, 0.25) is 0 Å². The van der Waals surface area contributed by atoms with E-state index in [-0.39, 0.29) is 11.7 Å². The topological polar surface area (TPSA) is 75.3 Å². The van der Waals surface area contributed by atoms with Gasteiger partial charge in [-0.3, -0.25) is 4.79 Å². The Morgan fingerprint density at radius 3 is 2.61 bits per heavy atom. The van der Waals surface area contributed by atoms with E-state index in [1.54, 1.807) is 24.3 Å². The van der Waals surface area contributed by atoms with Crippen LogP contribution in [0.15, 0.2) is 24.3 Å². The lowest BCUT2D eigenvalue weighted by molar-refractivity contribution is -0.122. The number of amides is 1. The first-order chi connectivity index (χ1) is 8.65. The first-order valence-corrected chi connectivity index (χ1v) is 6.46. The van der Waals surface area contributed by atoms with Gasteiger partial charge >= 0.3 is 0 Å². The van der Waals surface area contributed by atoms with Crippen LogP contribution >= 0.6 is 0 Å². The SMILES string of the molecule is N[C@H](Cc1ccc(O)cc1)C(=O)NCC1CCC1. The molecule has 1 aliphatic carbocycles. The Morgan fingerprint density at radius 2 is 2.06 bits per heavy atom. The lowest BCUT2D eigenvalue weighted by atomic mass is 9.85. The molecule has 0 bridgehead atoms. The Kier molecular flexibility index (Phi) is 4.20. The van der Waals surface area contributed by atoms with E-state index in [4.69, 9.17) is 10.8 Å². The van der Waals surface area contributed by atoms with Gasteiger partial charge in [-0.2, -0.15) is 0 Å². The predicted octanol–water partition coefficient (Wildman–Crippen LogP) is 1.18. The zero-order chi connectivity index (χ0) is 13.0. The summed E-state index contributed by atoms with van der Waals surface area (Å²) in [5, 5.41) is 12.1. The third-order valence-electron chi connectivity index (χ3n) is 3.52. The fourth-order valence-electron chi connectivity index (χ4n) is 2.05. The molecule has 2 rings (SSSR count). The molecule has 0 unspecified atom stereocenters. The van der Waals surface area contributed by atoms with E-state index in [1.807, 2.05) is 0 Å². The fourth-order valence-corrected chi connectivity index (χ4v) is 2.05. The normalized spacial score (nSPS) is 16.9. The number of carbonyl (C=O) groups excluding carboxylic acids is 1. The number of nitrogens with one attached hydrogen (secondary N) is 1. The minimum Gasteiger partial charge on any atom is -0.508 e. The van der Waals surface area contributed by atoms with Crippen LogP contribution in [-0.2, 0) is 11.2 Å². The lowest BCUT2D eigenvalue weighted by Gasteiger charge is -2.26. The second-order valence-corrected chi connectivity index (χ2v) is 5.02. The molecule has 0 spiro atoms. The van der Waals surface area contributed by atoms with Gasteiger partial charge in [0.2, 0.25) is 5.91 Å². The second kappa shape index (κ2) is 5.87. The number of hydrogen-bond donors (Lipinski definition) is 3. The van der Waals surface area contributed by atoms with Crippen molar-refractivity contribution in [1.82, 2.24) is 5.32 Å². The molecule has 0 aliphatic heterocycles. The van der Waals surface area contributed by atoms with Crippen molar-refractivity contribution in [3.05, 3.63) is 29.8 Å². The molecule has 1 amide bonds. The number of rotatable bonds is 5. The van der Waals surface area contributed by atoms with Gasteiger partial charge in [0.15, 0.2) is 0 Å². The molecule has 0 saturated heterocycles. The van der Waals surface area contributed by atoms with Gasteiger partial charge in [0.25, 0.3) is 0 Å². The molecule has 0 heterocycles. The number of phenolic OH excluding ortho intramolecular Hbond substituents is 1. The number of phenols is 1. The van der Waals surface area contributed by atoms with Gasteiger partial charge in [-0.05, 0) is 42.9 Å². The molecule has 1 fully saturated rings. The lowest BCUT2D eigenvalue weighted by Crippen LogP contribution is -2.44. The molecule has 1 aromatic carbocycles. The summed E-state index contributed by atoms with van der Waals surface area (Å²) in [6.45, 7) is 0.752. The maximum Gasteiger partial charge on any atom is 0.237 e. The molecule has 0 radical (unpaired) electrons. The average molecular weight is 248 g/mol. The summed E-state index contributed by atoms with van der Waals surface area (Å²) in [5.41, 5.74) is 6.82. The van der Waals surface area contributed by atoms with Crippen molar-refractivity contribution < 1.29 is 9.90 Å². The standard InChI is InChI=1S/C14H20N2O2/c15-13(8-10-4-6-12(17)7-5-10)14(18)16-9-11-2-1-3-11/h4-7,11,13,17H,1-3,8-9,15H2,(H,16,18)/t13-/m1/s1. The van der Waals surface area contributed by atoms with Gasteiger partial charge in [-0.1, -0.05) is 18.6 Å². The van der Waals surface area contributed by atoms with Crippen LogP contribution in [-0.4, -0.2) is 23.6 Å². The van der Waals surface area contributed by atoms with Crippen molar-refractivity contribution in [1.29, 1.82) is 0 Å². The van der Waals surface area contributed by atoms with E-state index < -0.39 is 6.04 Å². The van der Waals surface area contributed by atoms with Gasteiger partial charge in [-0.15, -0.1) is 0 Å². The van der Waals surface area contributed by atoms with E-state index in [0.29, 0.717) is 12.3 Å². The van der Waals surface area contributed by atoms with Crippen molar-refractivity contribution >= 4 is 5.91 Å². The molecule has 98 valence electrons. The predicted molar refractivity (Wildman–Crippen MR) is 70.1 cm³/mol. The fraction of sp³-hybridized carbons (Fsp3) is 0.500. The van der Waals surface area contributed by atoms with Crippen LogP contribution < -0.4 is 11.1 Å². The molecular weight excluding hydrogens is 228 g/mol. The highest BCUT2D eigenvalue weighted by Crippen LogP contribution is 2.25. The van der Waals surface area contributed by atoms with Crippen molar-refractivity contribution in [2.75, 3.05) is 6.54 Å². The summed E-state index contributed by atoms with van der Waals surface area (Å²) < 4.78 is 0. The molecule has 4 heteroatoms. The number of aromatic hydroxyl groups is 1. The van der Waals surface area contributed by atoms with Crippen LogP contribution in [0.4, 0.5) is 0 Å². The average Bonchev–Trinajstić information content (AvgIpc) is 2.30. The molecule has 1 aliphatic rings. The summed E-state index contributed by atoms with van der Waals surface area (Å²) in [4.78, 5) is 11.8. The quantitative estimate of drug-likeness (QED) is 0.732. The van der Waals surface area contributed by atoms with Crippen molar-refractivity contribution in [2.24, 2.45) is 11.7 Å². The third kappa shape index (κ3) is 3.47. The van der Waals surface area contributed by atoms with E-state index in [1.165, 1.54) is 19.3 Å². The smallest absolute Gasteiger partial charge is 0.237 e. The van der Waals surface area contributed by atoms with Gasteiger partial charge in [0, 0.05) is 6.54 Å². The number of hydrogen-bond acceptors (Lipinski definition) is 3. The van der Waals surface area contributed by atoms with E-state index in [0.717, 1.165) is 12.1 Å². The van der Waals surface area contributed by atoms with E-state index in [2.05, 4.69) is 5.32 Å². The summed E-state index contributed by atoms with van der Waals surface area (Å²) in [7, 11) is 0. The Hall–Kier alpha value is -1.55. The van der Waals surface area contributed by atoms with Crippen molar-refractivity contribution in [2.45, 2.75) is 31.7 Å². The van der Waals surface area contributed by atoms with Gasteiger partial charge in [-0.25, -0.2) is 0 Å². The monoisotopic (exact) mass is 248 g/mol. The summed E-state index contributed by atoms with van der Waals surface area (Å²) >= 11 is 0. The Balaban J connectivity index is 1.77. The first-order valence-electron chi connectivity index (χ1n) is 6.46. The Bertz CT molecular complexity index is 399. The van der Waals surface area contributed by atoms with E-state index >= 15 is 0 Å². The molecule has 18 heavy (non-hydrogen) atoms. The Labute approximate surface area is 107 Å². The van der Waals surface area contributed by atoms with Crippen molar-refractivity contribution in [3.63, 3.8) is 0 Å². The molecule has 0 aromatic heterocycles. The van der Waals surface area contributed by atoms with Crippen LogP contribution in [0, 0.1) is 5.92 Å². The molecule has 1 aromatic rings. The van der Waals surface area contributed by atoms with Crippen molar-refractivity contribution in [3.8, 4) is 5.75 Å². The van der Waals surface area contributed by atoms with Crippen LogP contribution in [0.3, 0.4) is 0 Å². The largest absolute Gasteiger partial charge is 0.508 e. The highest BCUT2D eigenvalue weighted by molar-refractivity contribution is 5.81. The minimum absolute atomic E-state index is 0.0880. The van der Waals surface area contributed by atoms with Crippen LogP contribution in [0.5, 0.6) is 5.75 Å².